The number of hydrogen-bond acceptors (Lipinski definition) is 3. The van der Waals surface area contributed by atoms with Gasteiger partial charge in [-0.05, 0) is 31.4 Å². The fraction of sp³-hybridized carbons (Fsp3) is 0.533. The van der Waals surface area contributed by atoms with Gasteiger partial charge in [0.15, 0.2) is 0 Å². The zero-order chi connectivity index (χ0) is 15.5. The van der Waals surface area contributed by atoms with Gasteiger partial charge in [-0.25, -0.2) is 8.42 Å². The Hall–Kier alpha value is -0.980. The van der Waals surface area contributed by atoms with Gasteiger partial charge in [0.2, 0.25) is 10.0 Å². The maximum atomic E-state index is 12.9. The van der Waals surface area contributed by atoms with Gasteiger partial charge in [0, 0.05) is 18.2 Å². The molecule has 1 atom stereocenters. The first-order chi connectivity index (χ1) is 9.96. The molecule has 4 nitrogen and oxygen atoms in total. The molecule has 1 aromatic rings. The number of rotatable bonds is 4. The van der Waals surface area contributed by atoms with Crippen molar-refractivity contribution < 1.29 is 8.42 Å². The van der Waals surface area contributed by atoms with Gasteiger partial charge in [0.25, 0.3) is 0 Å². The predicted octanol–water partition coefficient (Wildman–Crippen LogP) is 2.66. The SMILES string of the molecule is CCC1CCCCCN1S(=O)(=O)c1cccc(C(N)=S)c1. The fourth-order valence-electron chi connectivity index (χ4n) is 2.82. The van der Waals surface area contributed by atoms with Crippen LogP contribution in [0.2, 0.25) is 0 Å². The van der Waals surface area contributed by atoms with Crippen LogP contribution < -0.4 is 5.73 Å². The Bertz CT molecular complexity index is 614. The van der Waals surface area contributed by atoms with Crippen LogP contribution in [0.5, 0.6) is 0 Å². The lowest BCUT2D eigenvalue weighted by Gasteiger charge is -2.28. The summed E-state index contributed by atoms with van der Waals surface area (Å²) in [5.41, 5.74) is 6.20. The zero-order valence-corrected chi connectivity index (χ0v) is 13.9. The van der Waals surface area contributed by atoms with E-state index in [4.69, 9.17) is 18.0 Å². The van der Waals surface area contributed by atoms with Gasteiger partial charge in [-0.2, -0.15) is 4.31 Å². The molecule has 0 radical (unpaired) electrons. The fourth-order valence-corrected chi connectivity index (χ4v) is 4.76. The molecule has 2 rings (SSSR count). The van der Waals surface area contributed by atoms with Gasteiger partial charge in [0.1, 0.15) is 4.99 Å². The molecule has 1 unspecified atom stereocenters. The molecular weight excluding hydrogens is 304 g/mol. The smallest absolute Gasteiger partial charge is 0.243 e. The molecule has 0 aliphatic carbocycles. The molecule has 2 N–H and O–H groups in total. The van der Waals surface area contributed by atoms with E-state index in [2.05, 4.69) is 0 Å². The Morgan fingerprint density at radius 3 is 2.81 bits per heavy atom. The standard InChI is InChI=1S/C15H22N2O2S2/c1-2-13-8-4-3-5-10-17(13)21(18,19)14-9-6-7-12(11-14)15(16)20/h6-7,9,11,13H,2-5,8,10H2,1H3,(H2,16,20). The Morgan fingerprint density at radius 1 is 1.38 bits per heavy atom. The van der Waals surface area contributed by atoms with Crippen LogP contribution in [0, 0.1) is 0 Å². The molecule has 116 valence electrons. The van der Waals surface area contributed by atoms with Gasteiger partial charge < -0.3 is 5.73 Å². The summed E-state index contributed by atoms with van der Waals surface area (Å²) in [5, 5.41) is 0. The van der Waals surface area contributed by atoms with Crippen molar-refractivity contribution in [1.29, 1.82) is 0 Å². The Kier molecular flexibility index (Phi) is 5.35. The summed E-state index contributed by atoms with van der Waals surface area (Å²) in [7, 11) is -3.48. The normalized spacial score (nSPS) is 20.9. The highest BCUT2D eigenvalue weighted by Crippen LogP contribution is 2.26. The number of benzene rings is 1. The van der Waals surface area contributed by atoms with Crippen LogP contribution in [-0.4, -0.2) is 30.3 Å². The third-order valence-electron chi connectivity index (χ3n) is 4.02. The van der Waals surface area contributed by atoms with E-state index in [0.29, 0.717) is 12.1 Å². The van der Waals surface area contributed by atoms with Crippen LogP contribution in [0.25, 0.3) is 0 Å². The van der Waals surface area contributed by atoms with Gasteiger partial charge >= 0.3 is 0 Å². The number of hydrogen-bond donors (Lipinski definition) is 1. The monoisotopic (exact) mass is 326 g/mol. The first-order valence-corrected chi connectivity index (χ1v) is 9.23. The molecule has 1 aliphatic rings. The lowest BCUT2D eigenvalue weighted by atomic mass is 10.1. The van der Waals surface area contributed by atoms with Crippen LogP contribution in [0.15, 0.2) is 29.2 Å². The van der Waals surface area contributed by atoms with Crippen molar-refractivity contribution in [3.8, 4) is 0 Å². The number of sulfonamides is 1. The Labute approximate surface area is 132 Å². The minimum absolute atomic E-state index is 0.0889. The third-order valence-corrected chi connectivity index (χ3v) is 6.20. The zero-order valence-electron chi connectivity index (χ0n) is 12.3. The molecule has 1 aliphatic heterocycles. The Morgan fingerprint density at radius 2 is 2.14 bits per heavy atom. The second-order valence-electron chi connectivity index (χ2n) is 5.42. The van der Waals surface area contributed by atoms with Gasteiger partial charge in [-0.1, -0.05) is 44.1 Å². The second-order valence-corrected chi connectivity index (χ2v) is 7.75. The molecule has 0 amide bonds. The molecular formula is C15H22N2O2S2. The minimum Gasteiger partial charge on any atom is -0.389 e. The molecule has 1 aromatic carbocycles. The van der Waals surface area contributed by atoms with E-state index in [1.54, 1.807) is 28.6 Å². The van der Waals surface area contributed by atoms with E-state index < -0.39 is 10.0 Å². The second kappa shape index (κ2) is 6.85. The highest BCUT2D eigenvalue weighted by molar-refractivity contribution is 7.89. The quantitative estimate of drug-likeness (QED) is 0.864. The van der Waals surface area contributed by atoms with E-state index in [1.807, 2.05) is 6.92 Å². The molecule has 6 heteroatoms. The summed E-state index contributed by atoms with van der Waals surface area (Å²) in [5.74, 6) is 0. The third kappa shape index (κ3) is 3.62. The summed E-state index contributed by atoms with van der Waals surface area (Å²) in [6.45, 7) is 2.64. The van der Waals surface area contributed by atoms with Crippen molar-refractivity contribution in [1.82, 2.24) is 4.31 Å². The van der Waals surface area contributed by atoms with Gasteiger partial charge in [-0.3, -0.25) is 0 Å². The minimum atomic E-state index is -3.48. The van der Waals surface area contributed by atoms with Crippen LogP contribution in [-0.2, 0) is 10.0 Å². The van der Waals surface area contributed by atoms with Crippen LogP contribution >= 0.6 is 12.2 Å². The topological polar surface area (TPSA) is 63.4 Å². The summed E-state index contributed by atoms with van der Waals surface area (Å²) in [4.78, 5) is 0.503. The van der Waals surface area contributed by atoms with E-state index in [0.717, 1.165) is 32.1 Å². The first kappa shape index (κ1) is 16.4. The largest absolute Gasteiger partial charge is 0.389 e. The average molecular weight is 326 g/mol. The summed E-state index contributed by atoms with van der Waals surface area (Å²) < 4.78 is 27.5. The highest BCUT2D eigenvalue weighted by Gasteiger charge is 2.31. The van der Waals surface area contributed by atoms with Crippen LogP contribution in [0.3, 0.4) is 0 Å². The van der Waals surface area contributed by atoms with Crippen LogP contribution in [0.4, 0.5) is 0 Å². The molecule has 21 heavy (non-hydrogen) atoms. The van der Waals surface area contributed by atoms with E-state index >= 15 is 0 Å². The number of nitrogens with two attached hydrogens (primary N) is 1. The van der Waals surface area contributed by atoms with Crippen molar-refractivity contribution in [2.75, 3.05) is 6.54 Å². The predicted molar refractivity (Wildman–Crippen MR) is 88.8 cm³/mol. The average Bonchev–Trinajstić information content (AvgIpc) is 2.73. The molecule has 1 saturated heterocycles. The summed E-state index contributed by atoms with van der Waals surface area (Å²) in [6, 6.07) is 6.72. The van der Waals surface area contributed by atoms with E-state index in [9.17, 15) is 8.42 Å². The number of nitrogens with zero attached hydrogens (tertiary/aromatic N) is 1. The molecule has 0 spiro atoms. The summed E-state index contributed by atoms with van der Waals surface area (Å²) in [6.07, 6.45) is 4.89. The van der Waals surface area contributed by atoms with Gasteiger partial charge in [-0.15, -0.1) is 0 Å². The van der Waals surface area contributed by atoms with Crippen molar-refractivity contribution >= 4 is 27.2 Å². The molecule has 1 heterocycles. The molecule has 0 bridgehead atoms. The maximum absolute atomic E-state index is 12.9. The van der Waals surface area contributed by atoms with E-state index in [1.165, 1.54) is 0 Å². The summed E-state index contributed by atoms with van der Waals surface area (Å²) >= 11 is 4.94. The molecule has 0 saturated carbocycles. The van der Waals surface area contributed by atoms with Crippen molar-refractivity contribution in [2.45, 2.75) is 50.0 Å². The van der Waals surface area contributed by atoms with Crippen molar-refractivity contribution in [3.63, 3.8) is 0 Å². The van der Waals surface area contributed by atoms with Crippen LogP contribution in [0.1, 0.15) is 44.6 Å². The molecule has 0 aromatic heterocycles. The maximum Gasteiger partial charge on any atom is 0.243 e. The van der Waals surface area contributed by atoms with Crippen molar-refractivity contribution in [3.05, 3.63) is 29.8 Å². The lowest BCUT2D eigenvalue weighted by molar-refractivity contribution is 0.315. The Balaban J connectivity index is 2.39. The van der Waals surface area contributed by atoms with Gasteiger partial charge in [0.05, 0.1) is 4.90 Å². The van der Waals surface area contributed by atoms with E-state index in [-0.39, 0.29) is 15.9 Å². The van der Waals surface area contributed by atoms with Crippen molar-refractivity contribution in [2.24, 2.45) is 5.73 Å². The lowest BCUT2D eigenvalue weighted by Crippen LogP contribution is -2.39. The number of thiocarbonyl (C=S) groups is 1. The highest BCUT2D eigenvalue weighted by atomic mass is 32.2. The molecule has 1 fully saturated rings. The first-order valence-electron chi connectivity index (χ1n) is 7.38.